The highest BCUT2D eigenvalue weighted by atomic mass is 16.2. The molecule has 0 aliphatic heterocycles. The Labute approximate surface area is 144 Å². The first-order valence-electron chi connectivity index (χ1n) is 8.84. The van der Waals surface area contributed by atoms with Crippen molar-refractivity contribution in [1.82, 2.24) is 20.0 Å². The second kappa shape index (κ2) is 7.81. The van der Waals surface area contributed by atoms with Crippen molar-refractivity contribution in [3.63, 3.8) is 0 Å². The van der Waals surface area contributed by atoms with Crippen molar-refractivity contribution in [3.8, 4) is 0 Å². The molecule has 1 aliphatic carbocycles. The number of hydrogen-bond acceptors (Lipinski definition) is 3. The molecule has 134 valence electrons. The second-order valence-electron chi connectivity index (χ2n) is 7.32. The van der Waals surface area contributed by atoms with Crippen LogP contribution in [0.4, 0.5) is 0 Å². The third kappa shape index (κ3) is 5.08. The topological polar surface area (TPSA) is 67.2 Å². The molecule has 0 aromatic carbocycles. The molecule has 24 heavy (non-hydrogen) atoms. The van der Waals surface area contributed by atoms with Gasteiger partial charge in [0.05, 0.1) is 12.2 Å². The van der Waals surface area contributed by atoms with Crippen molar-refractivity contribution in [3.05, 3.63) is 17.0 Å². The van der Waals surface area contributed by atoms with Crippen LogP contribution in [0.25, 0.3) is 0 Å². The quantitative estimate of drug-likeness (QED) is 0.788. The van der Waals surface area contributed by atoms with Crippen LogP contribution in [0.2, 0.25) is 0 Å². The number of amides is 2. The molecular weight excluding hydrogens is 304 g/mol. The Morgan fingerprint density at radius 3 is 2.58 bits per heavy atom. The predicted molar refractivity (Wildman–Crippen MR) is 93.7 cm³/mol. The Bertz CT molecular complexity index is 602. The maximum atomic E-state index is 12.3. The lowest BCUT2D eigenvalue weighted by Crippen LogP contribution is -2.39. The molecule has 1 saturated carbocycles. The maximum Gasteiger partial charge on any atom is 0.239 e. The van der Waals surface area contributed by atoms with E-state index in [1.54, 1.807) is 7.05 Å². The van der Waals surface area contributed by atoms with Crippen LogP contribution < -0.4 is 5.32 Å². The van der Waals surface area contributed by atoms with Gasteiger partial charge in [-0.15, -0.1) is 0 Å². The predicted octanol–water partition coefficient (Wildman–Crippen LogP) is 1.83. The highest BCUT2D eigenvalue weighted by Crippen LogP contribution is 2.19. The fourth-order valence-electron chi connectivity index (χ4n) is 2.85. The van der Waals surface area contributed by atoms with Crippen LogP contribution in [0.1, 0.15) is 50.1 Å². The zero-order chi connectivity index (χ0) is 17.9. The Balaban J connectivity index is 1.86. The SMILES string of the molecule is Cc1nn(CC(C)C)c(C)c1CCC(=O)N(C)CC(=O)NC1CC1. The number of carbonyl (C=O) groups excluding carboxylic acids is 2. The van der Waals surface area contributed by atoms with E-state index in [9.17, 15) is 9.59 Å². The molecular formula is C18H30N4O2. The van der Waals surface area contributed by atoms with Gasteiger partial charge in [0, 0.05) is 31.7 Å². The van der Waals surface area contributed by atoms with Crippen LogP contribution in [0.5, 0.6) is 0 Å². The number of likely N-dealkylation sites (N-methyl/N-ethyl adjacent to an activating group) is 1. The minimum Gasteiger partial charge on any atom is -0.352 e. The second-order valence-corrected chi connectivity index (χ2v) is 7.32. The van der Waals surface area contributed by atoms with E-state index in [0.717, 1.165) is 36.3 Å². The molecule has 1 N–H and O–H groups in total. The Morgan fingerprint density at radius 1 is 1.33 bits per heavy atom. The molecule has 6 nitrogen and oxygen atoms in total. The van der Waals surface area contributed by atoms with Crippen molar-refractivity contribution < 1.29 is 9.59 Å². The van der Waals surface area contributed by atoms with E-state index < -0.39 is 0 Å². The van der Waals surface area contributed by atoms with Gasteiger partial charge in [-0.2, -0.15) is 5.10 Å². The van der Waals surface area contributed by atoms with Gasteiger partial charge in [0.15, 0.2) is 0 Å². The third-order valence-corrected chi connectivity index (χ3v) is 4.41. The minimum absolute atomic E-state index is 0.00337. The molecule has 0 bridgehead atoms. The summed E-state index contributed by atoms with van der Waals surface area (Å²) in [6.07, 6.45) is 3.19. The Hall–Kier alpha value is -1.85. The monoisotopic (exact) mass is 334 g/mol. The van der Waals surface area contributed by atoms with E-state index in [2.05, 4.69) is 31.2 Å². The molecule has 1 heterocycles. The van der Waals surface area contributed by atoms with Gasteiger partial charge >= 0.3 is 0 Å². The van der Waals surface area contributed by atoms with Crippen LogP contribution in [-0.2, 0) is 22.6 Å². The molecule has 0 unspecified atom stereocenters. The largest absolute Gasteiger partial charge is 0.352 e. The number of nitrogens with zero attached hydrogens (tertiary/aromatic N) is 3. The molecule has 1 aromatic heterocycles. The summed E-state index contributed by atoms with van der Waals surface area (Å²) in [5.41, 5.74) is 3.29. The summed E-state index contributed by atoms with van der Waals surface area (Å²) in [6, 6.07) is 0.332. The average molecular weight is 334 g/mol. The van der Waals surface area contributed by atoms with Crippen molar-refractivity contribution >= 4 is 11.8 Å². The number of hydrogen-bond donors (Lipinski definition) is 1. The van der Waals surface area contributed by atoms with Crippen molar-refractivity contribution in [2.75, 3.05) is 13.6 Å². The molecule has 0 atom stereocenters. The first-order valence-corrected chi connectivity index (χ1v) is 8.84. The zero-order valence-electron chi connectivity index (χ0n) is 15.6. The van der Waals surface area contributed by atoms with E-state index in [1.807, 2.05) is 11.6 Å². The van der Waals surface area contributed by atoms with E-state index >= 15 is 0 Å². The zero-order valence-corrected chi connectivity index (χ0v) is 15.6. The number of aromatic nitrogens is 2. The third-order valence-electron chi connectivity index (χ3n) is 4.41. The van der Waals surface area contributed by atoms with Crippen LogP contribution >= 0.6 is 0 Å². The smallest absolute Gasteiger partial charge is 0.239 e. The number of aryl methyl sites for hydroxylation is 1. The average Bonchev–Trinajstić information content (AvgIpc) is 3.24. The maximum absolute atomic E-state index is 12.3. The molecule has 0 saturated heterocycles. The fraction of sp³-hybridized carbons (Fsp3) is 0.722. The molecule has 2 amide bonds. The highest BCUT2D eigenvalue weighted by molar-refractivity contribution is 5.85. The fourth-order valence-corrected chi connectivity index (χ4v) is 2.85. The van der Waals surface area contributed by atoms with Gasteiger partial charge in [0.25, 0.3) is 0 Å². The summed E-state index contributed by atoms with van der Waals surface area (Å²) in [5.74, 6) is 0.468. The molecule has 2 rings (SSSR count). The van der Waals surface area contributed by atoms with Gasteiger partial charge < -0.3 is 10.2 Å². The van der Waals surface area contributed by atoms with Crippen LogP contribution in [0.15, 0.2) is 0 Å². The van der Waals surface area contributed by atoms with Gasteiger partial charge in [-0.1, -0.05) is 13.8 Å². The van der Waals surface area contributed by atoms with E-state index in [4.69, 9.17) is 0 Å². The van der Waals surface area contributed by atoms with E-state index in [-0.39, 0.29) is 18.4 Å². The lowest BCUT2D eigenvalue weighted by molar-refractivity contribution is -0.134. The summed E-state index contributed by atoms with van der Waals surface area (Å²) >= 11 is 0. The standard InChI is InChI=1S/C18H30N4O2/c1-12(2)10-22-14(4)16(13(3)20-22)8-9-18(24)21(5)11-17(23)19-15-6-7-15/h12,15H,6-11H2,1-5H3,(H,19,23). The van der Waals surface area contributed by atoms with Crippen LogP contribution in [-0.4, -0.2) is 46.1 Å². The van der Waals surface area contributed by atoms with Crippen molar-refractivity contribution in [1.29, 1.82) is 0 Å². The Kier molecular flexibility index (Phi) is 6.02. The number of nitrogens with one attached hydrogen (secondary N) is 1. The molecule has 1 fully saturated rings. The molecule has 1 aliphatic rings. The van der Waals surface area contributed by atoms with Crippen LogP contribution in [0, 0.1) is 19.8 Å². The van der Waals surface area contributed by atoms with Crippen molar-refractivity contribution in [2.45, 2.75) is 66.0 Å². The first kappa shape index (κ1) is 18.5. The summed E-state index contributed by atoms with van der Waals surface area (Å²) < 4.78 is 2.03. The van der Waals surface area contributed by atoms with Gasteiger partial charge in [-0.25, -0.2) is 0 Å². The normalized spacial score (nSPS) is 14.1. The van der Waals surface area contributed by atoms with Gasteiger partial charge in [0.1, 0.15) is 0 Å². The van der Waals surface area contributed by atoms with Crippen molar-refractivity contribution in [2.24, 2.45) is 5.92 Å². The molecule has 0 spiro atoms. The van der Waals surface area contributed by atoms with Gasteiger partial charge in [0.2, 0.25) is 11.8 Å². The lowest BCUT2D eigenvalue weighted by Gasteiger charge is -2.16. The minimum atomic E-state index is -0.0644. The summed E-state index contributed by atoms with van der Waals surface area (Å²) in [4.78, 5) is 25.6. The summed E-state index contributed by atoms with van der Waals surface area (Å²) in [5, 5.41) is 7.50. The Morgan fingerprint density at radius 2 is 2.00 bits per heavy atom. The lowest BCUT2D eigenvalue weighted by atomic mass is 10.1. The summed E-state index contributed by atoms with van der Waals surface area (Å²) in [6.45, 7) is 9.43. The van der Waals surface area contributed by atoms with Gasteiger partial charge in [-0.05, 0) is 44.6 Å². The van der Waals surface area contributed by atoms with E-state index in [1.165, 1.54) is 4.90 Å². The van der Waals surface area contributed by atoms with E-state index in [0.29, 0.717) is 24.8 Å². The highest BCUT2D eigenvalue weighted by Gasteiger charge is 2.24. The molecule has 6 heteroatoms. The molecule has 0 radical (unpaired) electrons. The first-order chi connectivity index (χ1) is 11.3. The van der Waals surface area contributed by atoms with Crippen LogP contribution in [0.3, 0.4) is 0 Å². The number of carbonyl (C=O) groups is 2. The molecule has 1 aromatic rings. The van der Waals surface area contributed by atoms with Gasteiger partial charge in [-0.3, -0.25) is 14.3 Å². The number of rotatable bonds is 8. The summed E-state index contributed by atoms with van der Waals surface area (Å²) in [7, 11) is 1.69.